The highest BCUT2D eigenvalue weighted by molar-refractivity contribution is 7.92. The van der Waals surface area contributed by atoms with E-state index in [1.807, 2.05) is 13.0 Å². The average molecular weight is 402 g/mol. The van der Waals surface area contributed by atoms with Crippen molar-refractivity contribution < 1.29 is 13.2 Å². The predicted octanol–water partition coefficient (Wildman–Crippen LogP) is 3.01. The van der Waals surface area contributed by atoms with Crippen molar-refractivity contribution >= 4 is 21.6 Å². The lowest BCUT2D eigenvalue weighted by molar-refractivity contribution is 0.0939. The van der Waals surface area contributed by atoms with Crippen LogP contribution < -0.4 is 10.0 Å². The van der Waals surface area contributed by atoms with Gasteiger partial charge >= 0.3 is 0 Å². The van der Waals surface area contributed by atoms with Crippen molar-refractivity contribution in [2.24, 2.45) is 0 Å². The molecule has 1 aliphatic rings. The van der Waals surface area contributed by atoms with Gasteiger partial charge in [0.05, 0.1) is 4.90 Å². The monoisotopic (exact) mass is 401 g/mol. The van der Waals surface area contributed by atoms with E-state index >= 15 is 0 Å². The van der Waals surface area contributed by atoms with Crippen LogP contribution in [0.1, 0.15) is 35.7 Å². The maximum absolute atomic E-state index is 12.7. The number of sulfonamides is 1. The third-order valence-electron chi connectivity index (χ3n) is 5.05. The molecule has 28 heavy (non-hydrogen) atoms. The summed E-state index contributed by atoms with van der Waals surface area (Å²) in [4.78, 5) is 14.8. The molecule has 0 bridgehead atoms. The van der Waals surface area contributed by atoms with Crippen LogP contribution in [0, 0.1) is 6.92 Å². The number of anilines is 1. The summed E-state index contributed by atoms with van der Waals surface area (Å²) in [5, 5.41) is 2.90. The van der Waals surface area contributed by atoms with Crippen molar-refractivity contribution in [1.29, 1.82) is 0 Å². The number of nitrogens with one attached hydrogen (secondary N) is 2. The molecule has 1 aliphatic carbocycles. The molecule has 0 saturated heterocycles. The first-order chi connectivity index (χ1) is 13.3. The SMILES string of the molecule is Cc1cccc(NS(=O)(=O)c2cccc(C(=O)NCC(C)N(C)C3CC3)c2)c1. The molecule has 2 N–H and O–H groups in total. The highest BCUT2D eigenvalue weighted by Crippen LogP contribution is 2.26. The van der Waals surface area contributed by atoms with E-state index in [1.165, 1.54) is 25.0 Å². The van der Waals surface area contributed by atoms with Gasteiger partial charge in [-0.2, -0.15) is 0 Å². The van der Waals surface area contributed by atoms with Crippen LogP contribution in [0.25, 0.3) is 0 Å². The fraction of sp³-hybridized carbons (Fsp3) is 0.381. The minimum Gasteiger partial charge on any atom is -0.350 e. The average Bonchev–Trinajstić information content (AvgIpc) is 3.50. The first-order valence-corrected chi connectivity index (χ1v) is 10.9. The van der Waals surface area contributed by atoms with E-state index in [1.54, 1.807) is 30.3 Å². The van der Waals surface area contributed by atoms with Crippen LogP contribution in [0.3, 0.4) is 0 Å². The Kier molecular flexibility index (Phi) is 6.05. The van der Waals surface area contributed by atoms with E-state index in [4.69, 9.17) is 0 Å². The number of likely N-dealkylation sites (N-methyl/N-ethyl adjacent to an activating group) is 1. The van der Waals surface area contributed by atoms with Gasteiger partial charge < -0.3 is 5.32 Å². The largest absolute Gasteiger partial charge is 0.350 e. The number of rotatable bonds is 8. The molecule has 1 atom stereocenters. The summed E-state index contributed by atoms with van der Waals surface area (Å²) >= 11 is 0. The molecule has 150 valence electrons. The minimum atomic E-state index is -3.77. The van der Waals surface area contributed by atoms with E-state index in [0.29, 0.717) is 23.8 Å². The number of amides is 1. The Morgan fingerprint density at radius 1 is 1.18 bits per heavy atom. The number of aryl methyl sites for hydroxylation is 1. The summed E-state index contributed by atoms with van der Waals surface area (Å²) in [7, 11) is -1.70. The number of nitrogens with zero attached hydrogens (tertiary/aromatic N) is 1. The van der Waals surface area contributed by atoms with Crippen molar-refractivity contribution in [3.8, 4) is 0 Å². The van der Waals surface area contributed by atoms with Gasteiger partial charge in [-0.15, -0.1) is 0 Å². The van der Waals surface area contributed by atoms with Crippen molar-refractivity contribution in [3.63, 3.8) is 0 Å². The predicted molar refractivity (Wildman–Crippen MR) is 111 cm³/mol. The molecule has 3 rings (SSSR count). The topological polar surface area (TPSA) is 78.5 Å². The molecule has 6 nitrogen and oxygen atoms in total. The quantitative estimate of drug-likeness (QED) is 0.713. The molecule has 0 aliphatic heterocycles. The van der Waals surface area contributed by atoms with Gasteiger partial charge in [0, 0.05) is 29.9 Å². The van der Waals surface area contributed by atoms with Crippen LogP contribution in [0.15, 0.2) is 53.4 Å². The molecule has 0 spiro atoms. The zero-order valence-corrected chi connectivity index (χ0v) is 17.3. The van der Waals surface area contributed by atoms with Gasteiger partial charge in [-0.3, -0.25) is 14.4 Å². The van der Waals surface area contributed by atoms with Crippen LogP contribution in [0.4, 0.5) is 5.69 Å². The molecule has 1 unspecified atom stereocenters. The van der Waals surface area contributed by atoms with E-state index in [9.17, 15) is 13.2 Å². The standard InChI is InChI=1S/C21H27N3O3S/c1-15-6-4-8-18(12-15)23-28(26,27)20-9-5-7-17(13-20)21(25)22-14-16(2)24(3)19-10-11-19/h4-9,12-13,16,19,23H,10-11,14H2,1-3H3,(H,22,25). The second-order valence-electron chi connectivity index (χ2n) is 7.46. The first-order valence-electron chi connectivity index (χ1n) is 9.46. The van der Waals surface area contributed by atoms with Crippen LogP contribution >= 0.6 is 0 Å². The Balaban J connectivity index is 1.67. The van der Waals surface area contributed by atoms with Crippen molar-refractivity contribution in [2.45, 2.75) is 43.7 Å². The van der Waals surface area contributed by atoms with Gasteiger partial charge in [-0.25, -0.2) is 8.42 Å². The first kappa shape index (κ1) is 20.4. The molecular formula is C21H27N3O3S. The molecule has 0 heterocycles. The molecular weight excluding hydrogens is 374 g/mol. The number of carbonyl (C=O) groups is 1. The number of carbonyl (C=O) groups excluding carboxylic acids is 1. The van der Waals surface area contributed by atoms with Crippen molar-refractivity contribution in [2.75, 3.05) is 18.3 Å². The molecule has 0 radical (unpaired) electrons. The van der Waals surface area contributed by atoms with Crippen molar-refractivity contribution in [1.82, 2.24) is 10.2 Å². The van der Waals surface area contributed by atoms with Crippen LogP contribution in [0.5, 0.6) is 0 Å². The lowest BCUT2D eigenvalue weighted by Crippen LogP contribution is -2.41. The summed E-state index contributed by atoms with van der Waals surface area (Å²) in [5.41, 5.74) is 1.78. The van der Waals surface area contributed by atoms with Gasteiger partial charge in [-0.05, 0) is 69.6 Å². The molecule has 1 amide bonds. The number of benzene rings is 2. The van der Waals surface area contributed by atoms with E-state index in [2.05, 4.69) is 28.9 Å². The summed E-state index contributed by atoms with van der Waals surface area (Å²) in [6.07, 6.45) is 2.42. The summed E-state index contributed by atoms with van der Waals surface area (Å²) < 4.78 is 27.9. The lowest BCUT2D eigenvalue weighted by atomic mass is 10.2. The number of hydrogen-bond acceptors (Lipinski definition) is 4. The smallest absolute Gasteiger partial charge is 0.261 e. The van der Waals surface area contributed by atoms with Gasteiger partial charge in [0.1, 0.15) is 0 Å². The van der Waals surface area contributed by atoms with E-state index in [-0.39, 0.29) is 16.8 Å². The lowest BCUT2D eigenvalue weighted by Gasteiger charge is -2.24. The van der Waals surface area contributed by atoms with Crippen LogP contribution in [0.2, 0.25) is 0 Å². The Hall–Kier alpha value is -2.38. The van der Waals surface area contributed by atoms with Gasteiger partial charge in [0.25, 0.3) is 15.9 Å². The number of hydrogen-bond donors (Lipinski definition) is 2. The maximum Gasteiger partial charge on any atom is 0.261 e. The van der Waals surface area contributed by atoms with Crippen LogP contribution in [-0.2, 0) is 10.0 Å². The van der Waals surface area contributed by atoms with Gasteiger partial charge in [-0.1, -0.05) is 18.2 Å². The summed E-state index contributed by atoms with van der Waals surface area (Å²) in [6.45, 7) is 4.49. The fourth-order valence-electron chi connectivity index (χ4n) is 3.06. The van der Waals surface area contributed by atoms with E-state index < -0.39 is 10.0 Å². The molecule has 2 aromatic carbocycles. The highest BCUT2D eigenvalue weighted by Gasteiger charge is 2.29. The maximum atomic E-state index is 12.7. The minimum absolute atomic E-state index is 0.0600. The van der Waals surface area contributed by atoms with Gasteiger partial charge in [0.2, 0.25) is 0 Å². The Morgan fingerprint density at radius 2 is 1.89 bits per heavy atom. The second-order valence-corrected chi connectivity index (χ2v) is 9.14. The second kappa shape index (κ2) is 8.32. The molecule has 1 fully saturated rings. The Morgan fingerprint density at radius 3 is 2.57 bits per heavy atom. The summed E-state index contributed by atoms with van der Waals surface area (Å²) in [6, 6.07) is 14.1. The van der Waals surface area contributed by atoms with Crippen LogP contribution in [-0.4, -0.2) is 44.9 Å². The summed E-state index contributed by atoms with van der Waals surface area (Å²) in [5.74, 6) is -0.274. The molecule has 1 saturated carbocycles. The Labute approximate surface area is 167 Å². The third kappa shape index (κ3) is 5.11. The zero-order chi connectivity index (χ0) is 20.3. The molecule has 2 aromatic rings. The normalized spacial score (nSPS) is 15.3. The van der Waals surface area contributed by atoms with E-state index in [0.717, 1.165) is 5.56 Å². The van der Waals surface area contributed by atoms with Crippen molar-refractivity contribution in [3.05, 3.63) is 59.7 Å². The molecule has 0 aromatic heterocycles. The highest BCUT2D eigenvalue weighted by atomic mass is 32.2. The zero-order valence-electron chi connectivity index (χ0n) is 16.5. The molecule has 7 heteroatoms. The third-order valence-corrected chi connectivity index (χ3v) is 6.43. The Bertz CT molecular complexity index is 955. The fourth-order valence-corrected chi connectivity index (χ4v) is 4.15. The van der Waals surface area contributed by atoms with Gasteiger partial charge in [0.15, 0.2) is 0 Å².